The summed E-state index contributed by atoms with van der Waals surface area (Å²) in [6, 6.07) is 7.62. The fourth-order valence-electron chi connectivity index (χ4n) is 1.95. The lowest BCUT2D eigenvalue weighted by atomic mass is 10.2. The van der Waals surface area contributed by atoms with Crippen molar-refractivity contribution in [3.05, 3.63) is 29.8 Å². The Kier molecular flexibility index (Phi) is 8.56. The van der Waals surface area contributed by atoms with E-state index in [9.17, 15) is 4.79 Å². The number of esters is 1. The first-order valence-corrected chi connectivity index (χ1v) is 6.04. The molecule has 0 aliphatic carbocycles. The molecule has 1 fully saturated rings. The predicted octanol–water partition coefficient (Wildman–Crippen LogP) is 2.12. The highest BCUT2D eigenvalue weighted by molar-refractivity contribution is 5.89. The molecule has 0 amide bonds. The molecule has 0 bridgehead atoms. The van der Waals surface area contributed by atoms with E-state index < -0.39 is 0 Å². The highest BCUT2D eigenvalue weighted by atomic mass is 35.5. The fourth-order valence-corrected chi connectivity index (χ4v) is 1.95. The number of nitrogens with zero attached hydrogens (tertiary/aromatic N) is 1. The number of nitrogens with one attached hydrogen (secondary N) is 1. The van der Waals surface area contributed by atoms with Crippen LogP contribution in [0.15, 0.2) is 24.3 Å². The Morgan fingerprint density at radius 3 is 2.32 bits per heavy atom. The molecule has 1 aromatic carbocycles. The van der Waals surface area contributed by atoms with Crippen molar-refractivity contribution in [1.29, 1.82) is 0 Å². The third kappa shape index (κ3) is 4.90. The van der Waals surface area contributed by atoms with Crippen molar-refractivity contribution < 1.29 is 9.53 Å². The molecule has 0 unspecified atom stereocenters. The summed E-state index contributed by atoms with van der Waals surface area (Å²) in [4.78, 5) is 13.8. The fraction of sp³-hybridized carbons (Fsp3) is 0.462. The van der Waals surface area contributed by atoms with E-state index in [1.165, 1.54) is 5.69 Å². The SMILES string of the molecule is CCOC(=O)c1ccc(N2CCNCC2)cc1.Cl.Cl. The van der Waals surface area contributed by atoms with Crippen LogP contribution >= 0.6 is 24.8 Å². The van der Waals surface area contributed by atoms with Crippen LogP contribution in [0.4, 0.5) is 5.69 Å². The van der Waals surface area contributed by atoms with Gasteiger partial charge in [0.2, 0.25) is 0 Å². The summed E-state index contributed by atoms with van der Waals surface area (Å²) in [5.74, 6) is -0.251. The molecule has 0 saturated carbocycles. The summed E-state index contributed by atoms with van der Waals surface area (Å²) in [7, 11) is 0. The van der Waals surface area contributed by atoms with Gasteiger partial charge < -0.3 is 15.0 Å². The lowest BCUT2D eigenvalue weighted by Crippen LogP contribution is -2.43. The van der Waals surface area contributed by atoms with Gasteiger partial charge >= 0.3 is 5.97 Å². The van der Waals surface area contributed by atoms with Crippen LogP contribution in [0.25, 0.3) is 0 Å². The first-order valence-electron chi connectivity index (χ1n) is 6.04. The zero-order chi connectivity index (χ0) is 12.1. The van der Waals surface area contributed by atoms with Gasteiger partial charge in [-0.15, -0.1) is 24.8 Å². The van der Waals surface area contributed by atoms with Crippen molar-refractivity contribution in [2.45, 2.75) is 6.92 Å². The average molecular weight is 307 g/mol. The quantitative estimate of drug-likeness (QED) is 0.869. The normalized spacial score (nSPS) is 14.1. The number of benzene rings is 1. The molecular weight excluding hydrogens is 287 g/mol. The van der Waals surface area contributed by atoms with Gasteiger partial charge in [-0.2, -0.15) is 0 Å². The third-order valence-corrected chi connectivity index (χ3v) is 2.86. The summed E-state index contributed by atoms with van der Waals surface area (Å²) in [6.45, 7) is 6.28. The maximum Gasteiger partial charge on any atom is 0.338 e. The minimum Gasteiger partial charge on any atom is -0.462 e. The maximum absolute atomic E-state index is 11.5. The number of carbonyl (C=O) groups is 1. The second kappa shape index (κ2) is 9.02. The lowest BCUT2D eigenvalue weighted by Gasteiger charge is -2.29. The topological polar surface area (TPSA) is 41.6 Å². The largest absolute Gasteiger partial charge is 0.462 e. The van der Waals surface area contributed by atoms with E-state index in [0.29, 0.717) is 12.2 Å². The zero-order valence-corrected chi connectivity index (χ0v) is 12.6. The Labute approximate surface area is 126 Å². The van der Waals surface area contributed by atoms with E-state index in [1.807, 2.05) is 31.2 Å². The predicted molar refractivity (Wildman–Crippen MR) is 82.0 cm³/mol. The van der Waals surface area contributed by atoms with E-state index in [4.69, 9.17) is 4.74 Å². The van der Waals surface area contributed by atoms with Crippen molar-refractivity contribution in [2.24, 2.45) is 0 Å². The first kappa shape index (κ1) is 18.0. The monoisotopic (exact) mass is 306 g/mol. The zero-order valence-electron chi connectivity index (χ0n) is 10.9. The van der Waals surface area contributed by atoms with Crippen LogP contribution in [-0.4, -0.2) is 38.8 Å². The molecule has 6 heteroatoms. The van der Waals surface area contributed by atoms with Crippen LogP contribution < -0.4 is 10.2 Å². The molecule has 108 valence electrons. The number of hydrogen-bond donors (Lipinski definition) is 1. The average Bonchev–Trinajstić information content (AvgIpc) is 2.40. The molecule has 19 heavy (non-hydrogen) atoms. The Morgan fingerprint density at radius 2 is 1.79 bits per heavy atom. The molecule has 2 rings (SSSR count). The number of halogens is 2. The van der Waals surface area contributed by atoms with Gasteiger partial charge in [-0.3, -0.25) is 0 Å². The summed E-state index contributed by atoms with van der Waals surface area (Å²) in [5, 5.41) is 3.32. The van der Waals surface area contributed by atoms with Gasteiger partial charge in [0, 0.05) is 31.9 Å². The molecule has 1 N–H and O–H groups in total. The van der Waals surface area contributed by atoms with Gasteiger partial charge in [0.05, 0.1) is 12.2 Å². The molecule has 1 saturated heterocycles. The molecule has 1 aliphatic rings. The number of rotatable bonds is 3. The van der Waals surface area contributed by atoms with Gasteiger partial charge in [-0.1, -0.05) is 0 Å². The summed E-state index contributed by atoms with van der Waals surface area (Å²) >= 11 is 0. The van der Waals surface area contributed by atoms with Crippen molar-refractivity contribution in [3.63, 3.8) is 0 Å². The van der Waals surface area contributed by atoms with Crippen LogP contribution in [0.2, 0.25) is 0 Å². The number of hydrogen-bond acceptors (Lipinski definition) is 4. The van der Waals surface area contributed by atoms with Gasteiger partial charge in [0.1, 0.15) is 0 Å². The Bertz CT molecular complexity index is 379. The number of anilines is 1. The smallest absolute Gasteiger partial charge is 0.338 e. The molecule has 0 radical (unpaired) electrons. The molecule has 1 heterocycles. The highest BCUT2D eigenvalue weighted by Gasteiger charge is 2.11. The summed E-state index contributed by atoms with van der Waals surface area (Å²) < 4.78 is 4.95. The van der Waals surface area contributed by atoms with E-state index in [0.717, 1.165) is 26.2 Å². The number of piperazine rings is 1. The molecular formula is C13H20Cl2N2O2. The van der Waals surface area contributed by atoms with Crippen LogP contribution in [0.3, 0.4) is 0 Å². The van der Waals surface area contributed by atoms with Crippen LogP contribution in [0, 0.1) is 0 Å². The van der Waals surface area contributed by atoms with Crippen molar-refractivity contribution in [2.75, 3.05) is 37.7 Å². The van der Waals surface area contributed by atoms with Crippen LogP contribution in [0.1, 0.15) is 17.3 Å². The van der Waals surface area contributed by atoms with Crippen LogP contribution in [-0.2, 0) is 4.74 Å². The molecule has 0 atom stereocenters. The van der Waals surface area contributed by atoms with Crippen LogP contribution in [0.5, 0.6) is 0 Å². The van der Waals surface area contributed by atoms with E-state index in [1.54, 1.807) is 0 Å². The van der Waals surface area contributed by atoms with Gasteiger partial charge in [0.25, 0.3) is 0 Å². The van der Waals surface area contributed by atoms with Crippen molar-refractivity contribution >= 4 is 36.5 Å². The maximum atomic E-state index is 11.5. The first-order chi connectivity index (χ1) is 8.31. The Hall–Kier alpha value is -0.970. The van der Waals surface area contributed by atoms with E-state index >= 15 is 0 Å². The van der Waals surface area contributed by atoms with Crippen molar-refractivity contribution in [3.8, 4) is 0 Å². The van der Waals surface area contributed by atoms with Gasteiger partial charge in [-0.05, 0) is 31.2 Å². The van der Waals surface area contributed by atoms with Gasteiger partial charge in [0.15, 0.2) is 0 Å². The van der Waals surface area contributed by atoms with E-state index in [2.05, 4.69) is 10.2 Å². The molecule has 0 aromatic heterocycles. The molecule has 1 aliphatic heterocycles. The van der Waals surface area contributed by atoms with Crippen molar-refractivity contribution in [1.82, 2.24) is 5.32 Å². The molecule has 4 nitrogen and oxygen atoms in total. The Balaban J connectivity index is 0.00000162. The second-order valence-corrected chi connectivity index (χ2v) is 4.00. The highest BCUT2D eigenvalue weighted by Crippen LogP contribution is 2.16. The standard InChI is InChI=1S/C13H18N2O2.2ClH/c1-2-17-13(16)11-3-5-12(6-4-11)15-9-7-14-8-10-15;;/h3-6,14H,2,7-10H2,1H3;2*1H. The third-order valence-electron chi connectivity index (χ3n) is 2.86. The number of ether oxygens (including phenoxy) is 1. The van der Waals surface area contributed by atoms with Gasteiger partial charge in [-0.25, -0.2) is 4.79 Å². The second-order valence-electron chi connectivity index (χ2n) is 4.00. The lowest BCUT2D eigenvalue weighted by molar-refractivity contribution is 0.0526. The van der Waals surface area contributed by atoms with E-state index in [-0.39, 0.29) is 30.8 Å². The summed E-state index contributed by atoms with van der Waals surface area (Å²) in [6.07, 6.45) is 0. The minimum absolute atomic E-state index is 0. The summed E-state index contributed by atoms with van der Waals surface area (Å²) in [5.41, 5.74) is 1.78. The molecule has 0 spiro atoms. The molecule has 1 aromatic rings. The number of carbonyl (C=O) groups excluding carboxylic acids is 1. The Morgan fingerprint density at radius 1 is 1.21 bits per heavy atom. The minimum atomic E-state index is -0.251.